The summed E-state index contributed by atoms with van der Waals surface area (Å²) in [7, 11) is 4.20. The molecule has 2 rings (SSSR count). The molecule has 1 aliphatic heterocycles. The molecule has 0 aromatic carbocycles. The van der Waals surface area contributed by atoms with Gasteiger partial charge in [-0.2, -0.15) is 5.10 Å². The molecular formula is C14H26N4. The van der Waals surface area contributed by atoms with E-state index < -0.39 is 0 Å². The Morgan fingerprint density at radius 2 is 2.17 bits per heavy atom. The number of nitrogens with zero attached hydrogens (tertiary/aromatic N) is 3. The Balaban J connectivity index is 1.99. The maximum absolute atomic E-state index is 4.42. The molecule has 1 aromatic heterocycles. The number of rotatable bonds is 3. The summed E-state index contributed by atoms with van der Waals surface area (Å²) in [5, 5.41) is 8.20. The predicted octanol–water partition coefficient (Wildman–Crippen LogP) is 1.72. The summed E-state index contributed by atoms with van der Waals surface area (Å²) in [6.07, 6.45) is 3.37. The van der Waals surface area contributed by atoms with Crippen LogP contribution in [0.3, 0.4) is 0 Å². The van der Waals surface area contributed by atoms with Gasteiger partial charge in [0.15, 0.2) is 0 Å². The molecule has 1 N–H and O–H groups in total. The molecule has 102 valence electrons. The second kappa shape index (κ2) is 5.41. The molecule has 0 spiro atoms. The van der Waals surface area contributed by atoms with Crippen molar-refractivity contribution in [2.24, 2.45) is 13.0 Å². The fraction of sp³-hybridized carbons (Fsp3) is 0.786. The quantitative estimate of drug-likeness (QED) is 0.887. The van der Waals surface area contributed by atoms with Gasteiger partial charge in [-0.1, -0.05) is 6.92 Å². The van der Waals surface area contributed by atoms with Gasteiger partial charge in [-0.05, 0) is 39.8 Å². The van der Waals surface area contributed by atoms with Crippen LogP contribution in [0.4, 0.5) is 0 Å². The highest BCUT2D eigenvalue weighted by Gasteiger charge is 2.26. The number of hydrogen-bond acceptors (Lipinski definition) is 3. The molecule has 4 heteroatoms. The largest absolute Gasteiger partial charge is 0.307 e. The van der Waals surface area contributed by atoms with Crippen LogP contribution in [0, 0.1) is 12.8 Å². The number of piperidine rings is 1. The van der Waals surface area contributed by atoms with Crippen molar-refractivity contribution in [1.29, 1.82) is 0 Å². The fourth-order valence-electron chi connectivity index (χ4n) is 3.06. The van der Waals surface area contributed by atoms with Crippen LogP contribution >= 0.6 is 0 Å². The molecule has 0 amide bonds. The number of hydrogen-bond donors (Lipinski definition) is 1. The van der Waals surface area contributed by atoms with E-state index in [4.69, 9.17) is 0 Å². The van der Waals surface area contributed by atoms with Crippen molar-refractivity contribution < 1.29 is 0 Å². The van der Waals surface area contributed by atoms with E-state index >= 15 is 0 Å². The summed E-state index contributed by atoms with van der Waals surface area (Å²) in [6, 6.07) is 1.00. The lowest BCUT2D eigenvalue weighted by Crippen LogP contribution is -2.47. The van der Waals surface area contributed by atoms with E-state index in [0.717, 1.165) is 5.69 Å². The van der Waals surface area contributed by atoms with E-state index in [1.807, 2.05) is 11.7 Å². The SMILES string of the molecule is Cc1nn(C)cc1C(C)NC1CCN(C)CC1C. The average Bonchev–Trinajstić information content (AvgIpc) is 2.62. The van der Waals surface area contributed by atoms with Gasteiger partial charge in [-0.25, -0.2) is 0 Å². The van der Waals surface area contributed by atoms with Gasteiger partial charge in [0.2, 0.25) is 0 Å². The normalized spacial score (nSPS) is 27.4. The van der Waals surface area contributed by atoms with Crippen molar-refractivity contribution in [2.75, 3.05) is 20.1 Å². The molecule has 2 heterocycles. The first kappa shape index (κ1) is 13.6. The number of nitrogens with one attached hydrogen (secondary N) is 1. The van der Waals surface area contributed by atoms with Crippen molar-refractivity contribution in [1.82, 2.24) is 20.0 Å². The maximum atomic E-state index is 4.42. The van der Waals surface area contributed by atoms with Crippen molar-refractivity contribution in [2.45, 2.75) is 39.3 Å². The minimum atomic E-state index is 0.384. The zero-order valence-corrected chi connectivity index (χ0v) is 12.3. The second-order valence-electron chi connectivity index (χ2n) is 5.87. The van der Waals surface area contributed by atoms with Gasteiger partial charge in [0.05, 0.1) is 5.69 Å². The lowest BCUT2D eigenvalue weighted by atomic mass is 9.93. The highest BCUT2D eigenvalue weighted by atomic mass is 15.3. The van der Waals surface area contributed by atoms with Crippen molar-refractivity contribution in [3.05, 3.63) is 17.5 Å². The van der Waals surface area contributed by atoms with Gasteiger partial charge < -0.3 is 10.2 Å². The van der Waals surface area contributed by atoms with Gasteiger partial charge in [0, 0.05) is 37.4 Å². The van der Waals surface area contributed by atoms with Crippen LogP contribution in [0.15, 0.2) is 6.20 Å². The number of aromatic nitrogens is 2. The fourth-order valence-corrected chi connectivity index (χ4v) is 3.06. The molecule has 0 radical (unpaired) electrons. The minimum Gasteiger partial charge on any atom is -0.307 e. The standard InChI is InChI=1S/C14H26N4/c1-10-8-17(4)7-6-14(10)15-11(2)13-9-18(5)16-12(13)3/h9-11,14-15H,6-8H2,1-5H3. The minimum absolute atomic E-state index is 0.384. The van der Waals surface area contributed by atoms with Gasteiger partial charge in [-0.15, -0.1) is 0 Å². The van der Waals surface area contributed by atoms with Gasteiger partial charge >= 0.3 is 0 Å². The molecular weight excluding hydrogens is 224 g/mol. The third-order valence-electron chi connectivity index (χ3n) is 4.09. The van der Waals surface area contributed by atoms with Crippen LogP contribution < -0.4 is 5.32 Å². The second-order valence-corrected chi connectivity index (χ2v) is 5.87. The van der Waals surface area contributed by atoms with E-state index in [0.29, 0.717) is 18.0 Å². The third-order valence-corrected chi connectivity index (χ3v) is 4.09. The average molecular weight is 250 g/mol. The molecule has 1 aliphatic rings. The maximum Gasteiger partial charge on any atom is 0.0641 e. The van der Waals surface area contributed by atoms with Crippen LogP contribution in [0.5, 0.6) is 0 Å². The van der Waals surface area contributed by atoms with Crippen LogP contribution in [0.1, 0.15) is 37.6 Å². The van der Waals surface area contributed by atoms with E-state index in [2.05, 4.69) is 49.3 Å². The number of likely N-dealkylation sites (tertiary alicyclic amines) is 1. The summed E-state index contributed by atoms with van der Waals surface area (Å²) in [6.45, 7) is 9.06. The summed E-state index contributed by atoms with van der Waals surface area (Å²) in [4.78, 5) is 2.42. The van der Waals surface area contributed by atoms with E-state index in [9.17, 15) is 0 Å². The number of aryl methyl sites for hydroxylation is 2. The molecule has 0 aliphatic carbocycles. The van der Waals surface area contributed by atoms with Crippen molar-refractivity contribution in [3.63, 3.8) is 0 Å². The molecule has 18 heavy (non-hydrogen) atoms. The molecule has 4 nitrogen and oxygen atoms in total. The summed E-state index contributed by atoms with van der Waals surface area (Å²) in [5.74, 6) is 0.711. The monoisotopic (exact) mass is 250 g/mol. The van der Waals surface area contributed by atoms with Crippen molar-refractivity contribution in [3.8, 4) is 0 Å². The Morgan fingerprint density at radius 1 is 1.44 bits per heavy atom. The van der Waals surface area contributed by atoms with E-state index in [-0.39, 0.29) is 0 Å². The Hall–Kier alpha value is -0.870. The Labute approximate surface area is 110 Å². The highest BCUT2D eigenvalue weighted by Crippen LogP contribution is 2.21. The van der Waals surface area contributed by atoms with Crippen LogP contribution in [0.2, 0.25) is 0 Å². The smallest absolute Gasteiger partial charge is 0.0641 e. The summed E-state index contributed by atoms with van der Waals surface area (Å²) in [5.41, 5.74) is 2.46. The zero-order valence-electron chi connectivity index (χ0n) is 12.3. The molecule has 3 unspecified atom stereocenters. The van der Waals surface area contributed by atoms with Gasteiger partial charge in [-0.3, -0.25) is 4.68 Å². The Kier molecular flexibility index (Phi) is 4.07. The lowest BCUT2D eigenvalue weighted by Gasteiger charge is -2.36. The lowest BCUT2D eigenvalue weighted by molar-refractivity contribution is 0.168. The van der Waals surface area contributed by atoms with Crippen molar-refractivity contribution >= 4 is 0 Å². The molecule has 3 atom stereocenters. The van der Waals surface area contributed by atoms with E-state index in [1.165, 1.54) is 25.1 Å². The van der Waals surface area contributed by atoms with Crippen LogP contribution in [-0.2, 0) is 7.05 Å². The molecule has 0 saturated carbocycles. The van der Waals surface area contributed by atoms with Crippen LogP contribution in [-0.4, -0.2) is 40.9 Å². The highest BCUT2D eigenvalue weighted by molar-refractivity contribution is 5.19. The third kappa shape index (κ3) is 2.93. The summed E-state index contributed by atoms with van der Waals surface area (Å²) < 4.78 is 1.90. The van der Waals surface area contributed by atoms with E-state index in [1.54, 1.807) is 0 Å². The summed E-state index contributed by atoms with van der Waals surface area (Å²) >= 11 is 0. The molecule has 0 bridgehead atoms. The van der Waals surface area contributed by atoms with Gasteiger partial charge in [0.1, 0.15) is 0 Å². The Morgan fingerprint density at radius 3 is 2.72 bits per heavy atom. The predicted molar refractivity (Wildman–Crippen MR) is 74.6 cm³/mol. The molecule has 1 saturated heterocycles. The van der Waals surface area contributed by atoms with Crippen LogP contribution in [0.25, 0.3) is 0 Å². The van der Waals surface area contributed by atoms with Gasteiger partial charge in [0.25, 0.3) is 0 Å². The zero-order chi connectivity index (χ0) is 13.3. The molecule has 1 fully saturated rings. The topological polar surface area (TPSA) is 33.1 Å². The first-order valence-corrected chi connectivity index (χ1v) is 6.92. The first-order chi connectivity index (χ1) is 8.47. The molecule has 1 aromatic rings. The Bertz CT molecular complexity index is 398. The first-order valence-electron chi connectivity index (χ1n) is 6.92.